The molecule has 34 heavy (non-hydrogen) atoms. The van der Waals surface area contributed by atoms with Gasteiger partial charge < -0.3 is 23.7 Å². The van der Waals surface area contributed by atoms with Gasteiger partial charge in [-0.3, -0.25) is 9.59 Å². The van der Waals surface area contributed by atoms with Crippen LogP contribution in [0.5, 0.6) is 23.0 Å². The Morgan fingerprint density at radius 3 is 2.65 bits per heavy atom. The number of aryl methyl sites for hydroxylation is 1. The summed E-state index contributed by atoms with van der Waals surface area (Å²) in [5.74, 6) is -1.11. The molecule has 0 radical (unpaired) electrons. The number of fused-ring (bicyclic) bond motifs is 3. The van der Waals surface area contributed by atoms with Crippen LogP contribution in [0.3, 0.4) is 0 Å². The third-order valence-corrected chi connectivity index (χ3v) is 5.80. The summed E-state index contributed by atoms with van der Waals surface area (Å²) in [4.78, 5) is 37.6. The first-order chi connectivity index (χ1) is 16.1. The first-order valence-electron chi connectivity index (χ1n) is 11.0. The number of methoxy groups -OCH3 is 1. The number of ketones is 1. The number of benzene rings is 2. The molecule has 1 aliphatic heterocycles. The van der Waals surface area contributed by atoms with Gasteiger partial charge in [0.2, 0.25) is 0 Å². The van der Waals surface area contributed by atoms with Crippen LogP contribution in [0.1, 0.15) is 60.2 Å². The molecule has 0 aliphatic carbocycles. The standard InChI is InChI=1S/C26H26O8/c1-12(2)11-32-24-15(7-6-8-17(24)31-5)16-10-19(29)34-26-21(14(4)27)23(30)20-13(3)9-18(28)33-25(20)22(16)26/h6-9,12,16,30H,10-11H2,1-5H3/t16-/m1/s1. The minimum absolute atomic E-state index is 0.0672. The van der Waals surface area contributed by atoms with Crippen LogP contribution in [0.25, 0.3) is 11.0 Å². The first kappa shape index (κ1) is 23.4. The van der Waals surface area contributed by atoms with Crippen LogP contribution in [0.4, 0.5) is 0 Å². The second kappa shape index (κ2) is 8.85. The molecule has 178 valence electrons. The normalized spacial score (nSPS) is 15.2. The third-order valence-electron chi connectivity index (χ3n) is 5.80. The van der Waals surface area contributed by atoms with Crippen LogP contribution in [-0.4, -0.2) is 30.6 Å². The van der Waals surface area contributed by atoms with Gasteiger partial charge in [-0.25, -0.2) is 4.79 Å². The van der Waals surface area contributed by atoms with Gasteiger partial charge in [-0.05, 0) is 31.4 Å². The minimum Gasteiger partial charge on any atom is -0.506 e. The predicted octanol–water partition coefficient (Wildman–Crippen LogP) is 4.49. The number of phenolic OH excluding ortho intramolecular Hbond substituents is 1. The molecule has 0 fully saturated rings. The third kappa shape index (κ3) is 3.89. The fourth-order valence-electron chi connectivity index (χ4n) is 4.37. The summed E-state index contributed by atoms with van der Waals surface area (Å²) in [7, 11) is 1.52. The second-order valence-electron chi connectivity index (χ2n) is 8.79. The Bertz CT molecular complexity index is 1370. The number of carbonyl (C=O) groups is 2. The lowest BCUT2D eigenvalue weighted by atomic mass is 9.82. The Balaban J connectivity index is 2.11. The van der Waals surface area contributed by atoms with E-state index in [0.717, 1.165) is 0 Å². The topological polar surface area (TPSA) is 112 Å². The van der Waals surface area contributed by atoms with Crippen LogP contribution in [0, 0.1) is 12.8 Å². The van der Waals surface area contributed by atoms with Crippen molar-refractivity contribution in [2.24, 2.45) is 5.92 Å². The van der Waals surface area contributed by atoms with Crippen molar-refractivity contribution in [1.82, 2.24) is 0 Å². The molecular formula is C26H26O8. The Hall–Kier alpha value is -3.81. The highest BCUT2D eigenvalue weighted by Gasteiger charge is 2.38. The first-order valence-corrected chi connectivity index (χ1v) is 11.0. The molecule has 2 heterocycles. The molecule has 8 nitrogen and oxygen atoms in total. The lowest BCUT2D eigenvalue weighted by Gasteiger charge is -2.29. The maximum absolute atomic E-state index is 12.7. The van der Waals surface area contributed by atoms with Gasteiger partial charge >= 0.3 is 11.6 Å². The summed E-state index contributed by atoms with van der Waals surface area (Å²) in [5.41, 5.74) is 0.693. The summed E-state index contributed by atoms with van der Waals surface area (Å²) < 4.78 is 22.7. The van der Waals surface area contributed by atoms with Crippen LogP contribution in [-0.2, 0) is 4.79 Å². The second-order valence-corrected chi connectivity index (χ2v) is 8.79. The number of carbonyl (C=O) groups excluding carboxylic acids is 2. The van der Waals surface area contributed by atoms with Gasteiger partial charge in [-0.1, -0.05) is 26.0 Å². The van der Waals surface area contributed by atoms with Gasteiger partial charge in [0, 0.05) is 23.1 Å². The number of aromatic hydroxyl groups is 1. The van der Waals surface area contributed by atoms with Gasteiger partial charge in [0.25, 0.3) is 0 Å². The summed E-state index contributed by atoms with van der Waals surface area (Å²) in [6.07, 6.45) is -0.0902. The smallest absolute Gasteiger partial charge is 0.336 e. The number of hydrogen-bond donors (Lipinski definition) is 1. The van der Waals surface area contributed by atoms with E-state index in [2.05, 4.69) is 0 Å². The molecule has 1 N–H and O–H groups in total. The van der Waals surface area contributed by atoms with Crippen molar-refractivity contribution in [3.8, 4) is 23.0 Å². The van der Waals surface area contributed by atoms with E-state index in [1.165, 1.54) is 20.1 Å². The maximum atomic E-state index is 12.7. The van der Waals surface area contributed by atoms with Crippen LogP contribution in [0.2, 0.25) is 0 Å². The quantitative estimate of drug-likeness (QED) is 0.245. The number of phenols is 1. The Kier molecular flexibility index (Phi) is 6.08. The molecule has 0 spiro atoms. The Morgan fingerprint density at radius 2 is 2.00 bits per heavy atom. The molecule has 0 amide bonds. The highest BCUT2D eigenvalue weighted by atomic mass is 16.5. The fourth-order valence-corrected chi connectivity index (χ4v) is 4.37. The molecule has 0 saturated carbocycles. The van der Waals surface area contributed by atoms with Crippen molar-refractivity contribution in [1.29, 1.82) is 0 Å². The van der Waals surface area contributed by atoms with E-state index >= 15 is 0 Å². The molecule has 2 aromatic carbocycles. The highest BCUT2D eigenvalue weighted by molar-refractivity contribution is 6.09. The fraction of sp³-hybridized carbons (Fsp3) is 0.346. The van der Waals surface area contributed by atoms with Gasteiger partial charge in [0.1, 0.15) is 16.9 Å². The predicted molar refractivity (Wildman–Crippen MR) is 124 cm³/mol. The van der Waals surface area contributed by atoms with Crippen LogP contribution >= 0.6 is 0 Å². The zero-order chi connectivity index (χ0) is 24.7. The van der Waals surface area contributed by atoms with Gasteiger partial charge in [-0.2, -0.15) is 0 Å². The van der Waals surface area contributed by atoms with Crippen molar-refractivity contribution in [2.45, 2.75) is 40.0 Å². The summed E-state index contributed by atoms with van der Waals surface area (Å²) in [6.45, 7) is 7.34. The van der Waals surface area contributed by atoms with Crippen molar-refractivity contribution in [2.75, 3.05) is 13.7 Å². The van der Waals surface area contributed by atoms with Crippen molar-refractivity contribution in [3.05, 3.63) is 56.9 Å². The molecular weight excluding hydrogens is 440 g/mol. The molecule has 0 unspecified atom stereocenters. The van der Waals surface area contributed by atoms with Crippen molar-refractivity contribution in [3.63, 3.8) is 0 Å². The lowest BCUT2D eigenvalue weighted by molar-refractivity contribution is -0.135. The van der Waals surface area contributed by atoms with Crippen molar-refractivity contribution < 1.29 is 33.3 Å². The summed E-state index contributed by atoms with van der Waals surface area (Å²) >= 11 is 0. The zero-order valence-corrected chi connectivity index (χ0v) is 19.7. The SMILES string of the molecule is COc1cccc([C@H]2CC(=O)Oc3c(C(C)=O)c(O)c4c(C)cc(=O)oc4c32)c1OCC(C)C. The molecule has 1 aromatic heterocycles. The molecule has 0 bridgehead atoms. The maximum Gasteiger partial charge on any atom is 0.336 e. The number of para-hydroxylation sites is 1. The highest BCUT2D eigenvalue weighted by Crippen LogP contribution is 2.51. The molecule has 3 aromatic rings. The lowest BCUT2D eigenvalue weighted by Crippen LogP contribution is -2.24. The largest absolute Gasteiger partial charge is 0.506 e. The zero-order valence-electron chi connectivity index (χ0n) is 19.7. The van der Waals surface area contributed by atoms with E-state index in [1.54, 1.807) is 25.1 Å². The summed E-state index contributed by atoms with van der Waals surface area (Å²) in [6, 6.07) is 6.56. The molecule has 1 aliphatic rings. The Labute approximate surface area is 196 Å². The number of ether oxygens (including phenoxy) is 3. The molecule has 1 atom stereocenters. The van der Waals surface area contributed by atoms with Crippen LogP contribution in [0.15, 0.2) is 33.5 Å². The molecule has 0 saturated heterocycles. The van der Waals surface area contributed by atoms with Crippen molar-refractivity contribution >= 4 is 22.7 Å². The van der Waals surface area contributed by atoms with Gasteiger partial charge in [-0.15, -0.1) is 0 Å². The van der Waals surface area contributed by atoms with E-state index in [-0.39, 0.29) is 34.6 Å². The monoisotopic (exact) mass is 466 g/mol. The molecule has 4 rings (SSSR count). The van der Waals surface area contributed by atoms with E-state index in [9.17, 15) is 19.5 Å². The average molecular weight is 466 g/mol. The van der Waals surface area contributed by atoms with E-state index in [0.29, 0.717) is 34.8 Å². The molecule has 8 heteroatoms. The number of Topliss-reactive ketones (excluding diaryl/α,β-unsaturated/α-hetero) is 1. The number of hydrogen-bond acceptors (Lipinski definition) is 8. The van der Waals surface area contributed by atoms with E-state index in [4.69, 9.17) is 18.6 Å². The van der Waals surface area contributed by atoms with E-state index in [1.807, 2.05) is 13.8 Å². The summed E-state index contributed by atoms with van der Waals surface area (Å²) in [5, 5.41) is 11.2. The van der Waals surface area contributed by atoms with Gasteiger partial charge in [0.15, 0.2) is 23.0 Å². The number of esters is 1. The minimum atomic E-state index is -0.681. The average Bonchev–Trinajstić information content (AvgIpc) is 2.75. The van der Waals surface area contributed by atoms with Gasteiger partial charge in [0.05, 0.1) is 25.5 Å². The Morgan fingerprint density at radius 1 is 1.26 bits per heavy atom. The number of rotatable bonds is 6. The van der Waals surface area contributed by atoms with Crippen LogP contribution < -0.4 is 19.8 Å². The van der Waals surface area contributed by atoms with E-state index < -0.39 is 29.0 Å².